The normalized spacial score (nSPS) is 19.1. The van der Waals surface area contributed by atoms with Gasteiger partial charge < -0.3 is 5.32 Å². The van der Waals surface area contributed by atoms with E-state index in [0.29, 0.717) is 5.69 Å². The van der Waals surface area contributed by atoms with Gasteiger partial charge in [-0.1, -0.05) is 48.5 Å². The zero-order valence-corrected chi connectivity index (χ0v) is 12.0. The van der Waals surface area contributed by atoms with Gasteiger partial charge in [0.2, 0.25) is 5.91 Å². The maximum Gasteiger partial charge on any atom is 0.337 e. The van der Waals surface area contributed by atoms with Crippen LogP contribution in [0.5, 0.6) is 0 Å². The highest BCUT2D eigenvalue weighted by Crippen LogP contribution is 2.47. The summed E-state index contributed by atoms with van der Waals surface area (Å²) in [6.07, 6.45) is 0.817. The monoisotopic (exact) mass is 295 g/mol. The van der Waals surface area contributed by atoms with Gasteiger partial charge in [-0.3, -0.25) is 10.2 Å². The van der Waals surface area contributed by atoms with E-state index in [1.54, 1.807) is 12.1 Å². The molecule has 3 rings (SSSR count). The van der Waals surface area contributed by atoms with E-state index in [4.69, 9.17) is 0 Å². The Labute approximate surface area is 128 Å². The molecule has 1 saturated carbocycles. The van der Waals surface area contributed by atoms with Crippen LogP contribution < -0.4 is 16.2 Å². The van der Waals surface area contributed by atoms with Crippen molar-refractivity contribution in [1.29, 1.82) is 0 Å². The fraction of sp³-hybridized carbons (Fsp3) is 0.176. The molecule has 1 fully saturated rings. The second-order valence-corrected chi connectivity index (χ2v) is 5.29. The largest absolute Gasteiger partial charge is 0.337 e. The Kier molecular flexibility index (Phi) is 4.05. The lowest BCUT2D eigenvalue weighted by Crippen LogP contribution is -2.44. The van der Waals surface area contributed by atoms with Crippen LogP contribution in [0.4, 0.5) is 10.5 Å². The molecule has 0 heterocycles. The molecule has 2 aromatic carbocycles. The maximum absolute atomic E-state index is 12.0. The Morgan fingerprint density at radius 1 is 0.864 bits per heavy atom. The van der Waals surface area contributed by atoms with Crippen LogP contribution >= 0.6 is 0 Å². The predicted molar refractivity (Wildman–Crippen MR) is 84.0 cm³/mol. The molecule has 22 heavy (non-hydrogen) atoms. The van der Waals surface area contributed by atoms with Crippen molar-refractivity contribution in [2.45, 2.75) is 12.3 Å². The van der Waals surface area contributed by atoms with E-state index >= 15 is 0 Å². The topological polar surface area (TPSA) is 70.2 Å². The molecule has 2 atom stereocenters. The molecular weight excluding hydrogens is 278 g/mol. The zero-order valence-electron chi connectivity index (χ0n) is 12.0. The molecule has 3 N–H and O–H groups in total. The van der Waals surface area contributed by atoms with Crippen LogP contribution in [0.25, 0.3) is 0 Å². The number of hydrogen-bond acceptors (Lipinski definition) is 2. The van der Waals surface area contributed by atoms with Crippen LogP contribution in [-0.2, 0) is 4.79 Å². The summed E-state index contributed by atoms with van der Waals surface area (Å²) >= 11 is 0. The van der Waals surface area contributed by atoms with Gasteiger partial charge in [0.25, 0.3) is 0 Å². The van der Waals surface area contributed by atoms with Crippen molar-refractivity contribution in [3.05, 3.63) is 66.2 Å². The number of para-hydroxylation sites is 1. The van der Waals surface area contributed by atoms with Crippen LogP contribution in [0, 0.1) is 5.92 Å². The lowest BCUT2D eigenvalue weighted by atomic mass is 10.1. The molecule has 0 saturated heterocycles. The third kappa shape index (κ3) is 3.44. The number of amides is 3. The average molecular weight is 295 g/mol. The predicted octanol–water partition coefficient (Wildman–Crippen LogP) is 2.64. The molecule has 5 nitrogen and oxygen atoms in total. The lowest BCUT2D eigenvalue weighted by molar-refractivity contribution is -0.123. The van der Waals surface area contributed by atoms with Crippen LogP contribution in [0.3, 0.4) is 0 Å². The Morgan fingerprint density at radius 3 is 2.18 bits per heavy atom. The summed E-state index contributed by atoms with van der Waals surface area (Å²) in [5, 5.41) is 2.63. The number of benzene rings is 2. The summed E-state index contributed by atoms with van der Waals surface area (Å²) in [6, 6.07) is 18.5. The maximum atomic E-state index is 12.0. The number of hydrazine groups is 1. The Balaban J connectivity index is 1.45. The first kappa shape index (κ1) is 14.1. The minimum atomic E-state index is -0.462. The molecule has 0 bridgehead atoms. The fourth-order valence-electron chi connectivity index (χ4n) is 2.45. The molecule has 0 spiro atoms. The molecule has 3 amide bonds. The molecule has 0 aromatic heterocycles. The summed E-state index contributed by atoms with van der Waals surface area (Å²) < 4.78 is 0. The first-order chi connectivity index (χ1) is 10.7. The van der Waals surface area contributed by atoms with Crippen molar-refractivity contribution in [3.8, 4) is 0 Å². The van der Waals surface area contributed by atoms with Gasteiger partial charge in [-0.15, -0.1) is 0 Å². The number of rotatable bonds is 3. The van der Waals surface area contributed by atoms with Gasteiger partial charge in [-0.25, -0.2) is 10.2 Å². The standard InChI is InChI=1S/C17H17N3O2/c21-16(15-11-14(15)12-7-3-1-4-8-12)19-20-17(22)18-13-9-5-2-6-10-13/h1-10,14-15H,11H2,(H,19,21)(H2,18,20,22)/t14-,15-/m1/s1. The van der Waals surface area contributed by atoms with E-state index in [9.17, 15) is 9.59 Å². The van der Waals surface area contributed by atoms with Crippen LogP contribution in [0.2, 0.25) is 0 Å². The van der Waals surface area contributed by atoms with Crippen molar-refractivity contribution in [1.82, 2.24) is 10.9 Å². The van der Waals surface area contributed by atoms with Crippen molar-refractivity contribution in [3.63, 3.8) is 0 Å². The highest BCUT2D eigenvalue weighted by Gasteiger charge is 2.43. The highest BCUT2D eigenvalue weighted by molar-refractivity contribution is 5.91. The van der Waals surface area contributed by atoms with E-state index in [0.717, 1.165) is 12.0 Å². The zero-order chi connectivity index (χ0) is 15.4. The molecule has 1 aliphatic carbocycles. The summed E-state index contributed by atoms with van der Waals surface area (Å²) in [4.78, 5) is 23.7. The number of urea groups is 1. The molecule has 112 valence electrons. The van der Waals surface area contributed by atoms with Gasteiger partial charge >= 0.3 is 6.03 Å². The molecule has 0 unspecified atom stereocenters. The molecule has 2 aromatic rings. The lowest BCUT2D eigenvalue weighted by Gasteiger charge is -2.08. The number of anilines is 1. The van der Waals surface area contributed by atoms with E-state index in [1.165, 1.54) is 0 Å². The van der Waals surface area contributed by atoms with Gasteiger partial charge in [0.05, 0.1) is 0 Å². The van der Waals surface area contributed by atoms with Crippen molar-refractivity contribution in [2.75, 3.05) is 5.32 Å². The van der Waals surface area contributed by atoms with Gasteiger partial charge in [0.1, 0.15) is 0 Å². The van der Waals surface area contributed by atoms with E-state index in [1.807, 2.05) is 48.5 Å². The summed E-state index contributed by atoms with van der Waals surface area (Å²) in [6.45, 7) is 0. The fourth-order valence-corrected chi connectivity index (χ4v) is 2.45. The van der Waals surface area contributed by atoms with Crippen molar-refractivity contribution < 1.29 is 9.59 Å². The van der Waals surface area contributed by atoms with Crippen molar-refractivity contribution in [2.24, 2.45) is 5.92 Å². The van der Waals surface area contributed by atoms with Gasteiger partial charge in [0, 0.05) is 11.6 Å². The number of hydrogen-bond donors (Lipinski definition) is 3. The summed E-state index contributed by atoms with van der Waals surface area (Å²) in [7, 11) is 0. The number of carbonyl (C=O) groups excluding carboxylic acids is 2. The van der Waals surface area contributed by atoms with Crippen LogP contribution in [-0.4, -0.2) is 11.9 Å². The molecule has 1 aliphatic rings. The van der Waals surface area contributed by atoms with Gasteiger partial charge in [0.15, 0.2) is 0 Å². The second kappa shape index (κ2) is 6.30. The van der Waals surface area contributed by atoms with Gasteiger partial charge in [-0.05, 0) is 30.0 Å². The smallest absolute Gasteiger partial charge is 0.307 e. The summed E-state index contributed by atoms with van der Waals surface area (Å²) in [5.74, 6) is 0.0247. The molecular formula is C17H17N3O2. The summed E-state index contributed by atoms with van der Waals surface area (Å²) in [5.41, 5.74) is 6.67. The third-order valence-electron chi connectivity index (χ3n) is 3.69. The van der Waals surface area contributed by atoms with Gasteiger partial charge in [-0.2, -0.15) is 0 Å². The van der Waals surface area contributed by atoms with E-state index < -0.39 is 6.03 Å². The Bertz CT molecular complexity index is 658. The Morgan fingerprint density at radius 2 is 1.50 bits per heavy atom. The number of carbonyl (C=O) groups is 2. The minimum Gasteiger partial charge on any atom is -0.307 e. The Hall–Kier alpha value is -2.82. The first-order valence-electron chi connectivity index (χ1n) is 7.21. The minimum absolute atomic E-state index is 0.0700. The highest BCUT2D eigenvalue weighted by atomic mass is 16.2. The van der Waals surface area contributed by atoms with E-state index in [2.05, 4.69) is 16.2 Å². The SMILES string of the molecule is O=C(NNC(=O)[C@@H]1C[C@@H]1c1ccccc1)Nc1ccccc1. The number of nitrogens with one attached hydrogen (secondary N) is 3. The van der Waals surface area contributed by atoms with Crippen LogP contribution in [0.1, 0.15) is 17.9 Å². The second-order valence-electron chi connectivity index (χ2n) is 5.29. The molecule has 0 aliphatic heterocycles. The van der Waals surface area contributed by atoms with Crippen molar-refractivity contribution >= 4 is 17.6 Å². The van der Waals surface area contributed by atoms with Crippen LogP contribution in [0.15, 0.2) is 60.7 Å². The first-order valence-corrected chi connectivity index (χ1v) is 7.21. The molecule has 0 radical (unpaired) electrons. The third-order valence-corrected chi connectivity index (χ3v) is 3.69. The molecule has 5 heteroatoms. The quantitative estimate of drug-likeness (QED) is 0.762. The van der Waals surface area contributed by atoms with E-state index in [-0.39, 0.29) is 17.7 Å². The average Bonchev–Trinajstić information content (AvgIpc) is 3.35.